The zero-order chi connectivity index (χ0) is 30.7. The van der Waals surface area contributed by atoms with Crippen LogP contribution in [0.3, 0.4) is 0 Å². The van der Waals surface area contributed by atoms with E-state index in [0.717, 1.165) is 0 Å². The van der Waals surface area contributed by atoms with E-state index < -0.39 is 0 Å². The van der Waals surface area contributed by atoms with Crippen LogP contribution in [-0.4, -0.2) is 0 Å². The molecule has 0 saturated carbocycles. The van der Waals surface area contributed by atoms with Gasteiger partial charge in [-0.1, -0.05) is 240 Å². The molecule has 42 heavy (non-hydrogen) atoms. The molecule has 254 valence electrons. The van der Waals surface area contributed by atoms with Gasteiger partial charge in [-0.05, 0) is 31.1 Å². The van der Waals surface area contributed by atoms with Gasteiger partial charge in [0.15, 0.2) is 0 Å². The van der Waals surface area contributed by atoms with E-state index in [4.69, 9.17) is 0 Å². The van der Waals surface area contributed by atoms with Gasteiger partial charge in [0.25, 0.3) is 0 Å². The monoisotopic (exact) mass is 591 g/mol. The Morgan fingerprint density at radius 2 is 0.333 bits per heavy atom. The van der Waals surface area contributed by atoms with Crippen molar-refractivity contribution < 1.29 is 0 Å². The largest absolute Gasteiger partial charge is 0.0654 e. The number of unbranched alkanes of at least 4 members (excludes halogenated alkanes) is 29. The first-order valence-electron chi connectivity index (χ1n) is 20.7. The molecule has 0 atom stereocenters. The molecule has 0 aromatic heterocycles. The van der Waals surface area contributed by atoms with Gasteiger partial charge in [-0.25, -0.2) is 0 Å². The van der Waals surface area contributed by atoms with Gasteiger partial charge in [0.05, 0.1) is 0 Å². The van der Waals surface area contributed by atoms with E-state index in [-0.39, 0.29) is 0 Å². The van der Waals surface area contributed by atoms with Gasteiger partial charge in [0.2, 0.25) is 0 Å². The van der Waals surface area contributed by atoms with Crippen molar-refractivity contribution in [2.75, 3.05) is 0 Å². The minimum atomic E-state index is 0.674. The van der Waals surface area contributed by atoms with E-state index in [2.05, 4.69) is 27.7 Å². The summed E-state index contributed by atoms with van der Waals surface area (Å²) in [5.74, 6) is 0. The lowest BCUT2D eigenvalue weighted by Gasteiger charge is -2.35. The summed E-state index contributed by atoms with van der Waals surface area (Å²) in [7, 11) is 0. The fraction of sp³-hybridized carbons (Fsp3) is 1.00. The molecule has 0 N–H and O–H groups in total. The van der Waals surface area contributed by atoms with Crippen LogP contribution < -0.4 is 0 Å². The fourth-order valence-corrected chi connectivity index (χ4v) is 7.46. The zero-order valence-corrected chi connectivity index (χ0v) is 30.7. The van der Waals surface area contributed by atoms with Gasteiger partial charge >= 0.3 is 0 Å². The zero-order valence-electron chi connectivity index (χ0n) is 30.7. The SMILES string of the molecule is CCCCCCCCCCCC(CCCCCCCCCC)(CCCCCCCCCC)CCCCCCCCCC. The minimum absolute atomic E-state index is 0.674. The molecule has 0 aliphatic rings. The first kappa shape index (κ1) is 42.0. The van der Waals surface area contributed by atoms with Crippen molar-refractivity contribution in [1.29, 1.82) is 0 Å². The predicted molar refractivity (Wildman–Crippen MR) is 196 cm³/mol. The van der Waals surface area contributed by atoms with Gasteiger partial charge in [-0.2, -0.15) is 0 Å². The molecule has 0 aliphatic carbocycles. The summed E-state index contributed by atoms with van der Waals surface area (Å²) in [6.07, 6.45) is 54.7. The molecule has 0 fully saturated rings. The lowest BCUT2D eigenvalue weighted by molar-refractivity contribution is 0.171. The van der Waals surface area contributed by atoms with Crippen molar-refractivity contribution in [3.8, 4) is 0 Å². The van der Waals surface area contributed by atoms with Crippen LogP contribution in [0.4, 0.5) is 0 Å². The third kappa shape index (κ3) is 30.0. The lowest BCUT2D eigenvalue weighted by Crippen LogP contribution is -2.21. The smallest absolute Gasteiger partial charge is 0.0297 e. The molecule has 0 nitrogen and oxygen atoms in total. The van der Waals surface area contributed by atoms with Crippen LogP contribution in [0.5, 0.6) is 0 Å². The van der Waals surface area contributed by atoms with Gasteiger partial charge < -0.3 is 0 Å². The Hall–Kier alpha value is 0. The quantitative estimate of drug-likeness (QED) is 0.0631. The Morgan fingerprint density at radius 3 is 0.500 bits per heavy atom. The average molecular weight is 591 g/mol. The van der Waals surface area contributed by atoms with Crippen molar-refractivity contribution >= 4 is 0 Å². The molecule has 0 aromatic carbocycles. The molecule has 0 radical (unpaired) electrons. The highest BCUT2D eigenvalue weighted by Crippen LogP contribution is 2.42. The third-order valence-corrected chi connectivity index (χ3v) is 10.5. The normalized spacial score (nSPS) is 12.0. The fourth-order valence-electron chi connectivity index (χ4n) is 7.46. The number of hydrogen-bond donors (Lipinski definition) is 0. The Balaban J connectivity index is 4.82. The second kappa shape index (κ2) is 35.5. The van der Waals surface area contributed by atoms with Crippen molar-refractivity contribution in [3.63, 3.8) is 0 Å². The number of rotatable bonds is 37. The lowest BCUT2D eigenvalue weighted by atomic mass is 9.70. The third-order valence-electron chi connectivity index (χ3n) is 10.5. The van der Waals surface area contributed by atoms with Crippen LogP contribution in [0, 0.1) is 5.41 Å². The highest BCUT2D eigenvalue weighted by atomic mass is 14.3. The van der Waals surface area contributed by atoms with Crippen LogP contribution in [0.15, 0.2) is 0 Å². The molecule has 0 aromatic rings. The van der Waals surface area contributed by atoms with E-state index >= 15 is 0 Å². The summed E-state index contributed by atoms with van der Waals surface area (Å²) in [6, 6.07) is 0. The van der Waals surface area contributed by atoms with Crippen LogP contribution in [0.25, 0.3) is 0 Å². The molecule has 0 saturated heterocycles. The van der Waals surface area contributed by atoms with Gasteiger partial charge in [0, 0.05) is 0 Å². The van der Waals surface area contributed by atoms with Crippen LogP contribution >= 0.6 is 0 Å². The maximum Gasteiger partial charge on any atom is -0.0297 e. The van der Waals surface area contributed by atoms with Crippen LogP contribution in [-0.2, 0) is 0 Å². The summed E-state index contributed by atoms with van der Waals surface area (Å²) < 4.78 is 0. The van der Waals surface area contributed by atoms with Crippen molar-refractivity contribution in [3.05, 3.63) is 0 Å². The highest BCUT2D eigenvalue weighted by molar-refractivity contribution is 4.80. The second-order valence-corrected chi connectivity index (χ2v) is 14.8. The molecule has 0 unspecified atom stereocenters. The summed E-state index contributed by atoms with van der Waals surface area (Å²) >= 11 is 0. The summed E-state index contributed by atoms with van der Waals surface area (Å²) in [5, 5.41) is 0. The summed E-state index contributed by atoms with van der Waals surface area (Å²) in [5.41, 5.74) is 0.674. The minimum Gasteiger partial charge on any atom is -0.0654 e. The van der Waals surface area contributed by atoms with Crippen LogP contribution in [0.1, 0.15) is 265 Å². The molecule has 0 aliphatic heterocycles. The molecule has 0 heterocycles. The molecule has 0 bridgehead atoms. The van der Waals surface area contributed by atoms with Crippen molar-refractivity contribution in [2.45, 2.75) is 265 Å². The topological polar surface area (TPSA) is 0 Å². The Morgan fingerprint density at radius 1 is 0.190 bits per heavy atom. The number of hydrogen-bond acceptors (Lipinski definition) is 0. The molecule has 0 heteroatoms. The summed E-state index contributed by atoms with van der Waals surface area (Å²) in [4.78, 5) is 0. The van der Waals surface area contributed by atoms with E-state index in [0.29, 0.717) is 5.41 Å². The second-order valence-electron chi connectivity index (χ2n) is 14.8. The molecule has 0 amide bonds. The molecule has 0 rings (SSSR count). The average Bonchev–Trinajstić information content (AvgIpc) is 3.00. The van der Waals surface area contributed by atoms with Gasteiger partial charge in [0.1, 0.15) is 0 Å². The van der Waals surface area contributed by atoms with Crippen LogP contribution in [0.2, 0.25) is 0 Å². The van der Waals surface area contributed by atoms with E-state index in [1.165, 1.54) is 212 Å². The van der Waals surface area contributed by atoms with E-state index in [1.54, 1.807) is 25.7 Å². The van der Waals surface area contributed by atoms with E-state index in [1.807, 2.05) is 0 Å². The van der Waals surface area contributed by atoms with Gasteiger partial charge in [-0.3, -0.25) is 0 Å². The van der Waals surface area contributed by atoms with E-state index in [9.17, 15) is 0 Å². The first-order valence-corrected chi connectivity index (χ1v) is 20.7. The standard InChI is InChI=1S/C42H86/c1-5-9-13-17-21-25-29-33-37-41-42(38-34-30-26-22-18-14-10-6-2,39-35-31-27-23-19-15-11-7-3)40-36-32-28-24-20-16-12-8-4/h5-41H2,1-4H3. The Labute approximate surface area is 270 Å². The molecule has 0 spiro atoms. The van der Waals surface area contributed by atoms with Gasteiger partial charge in [-0.15, -0.1) is 0 Å². The highest BCUT2D eigenvalue weighted by Gasteiger charge is 2.28. The maximum absolute atomic E-state index is 2.34. The van der Waals surface area contributed by atoms with Crippen molar-refractivity contribution in [1.82, 2.24) is 0 Å². The maximum atomic E-state index is 2.34. The Kier molecular flexibility index (Phi) is 35.5. The summed E-state index contributed by atoms with van der Waals surface area (Å²) in [6.45, 7) is 9.35. The molecular formula is C42H86. The molecular weight excluding hydrogens is 504 g/mol. The Bertz CT molecular complexity index is 414. The first-order chi connectivity index (χ1) is 20.7. The van der Waals surface area contributed by atoms with Crippen molar-refractivity contribution in [2.24, 2.45) is 5.41 Å². The predicted octanol–water partition coefficient (Wildman–Crippen LogP) is 16.5.